The molecule has 0 aromatic rings. The Morgan fingerprint density at radius 2 is 2.22 bits per heavy atom. The van der Waals surface area contributed by atoms with Crippen LogP contribution in [-0.4, -0.2) is 61.6 Å². The summed E-state index contributed by atoms with van der Waals surface area (Å²) in [5.74, 6) is 0.890. The first-order chi connectivity index (χ1) is 8.49. The van der Waals surface area contributed by atoms with Gasteiger partial charge in [-0.2, -0.15) is 0 Å². The second-order valence-corrected chi connectivity index (χ2v) is 5.73. The van der Waals surface area contributed by atoms with E-state index in [1.807, 2.05) is 7.05 Å². The predicted molar refractivity (Wildman–Crippen MR) is 73.6 cm³/mol. The summed E-state index contributed by atoms with van der Waals surface area (Å²) < 4.78 is 5.72. The summed E-state index contributed by atoms with van der Waals surface area (Å²) in [6.45, 7) is 10.8. The van der Waals surface area contributed by atoms with Crippen LogP contribution in [0.25, 0.3) is 0 Å². The highest BCUT2D eigenvalue weighted by molar-refractivity contribution is 5.72. The van der Waals surface area contributed by atoms with E-state index < -0.39 is 0 Å². The van der Waals surface area contributed by atoms with Gasteiger partial charge in [0.05, 0.1) is 12.7 Å². The summed E-state index contributed by atoms with van der Waals surface area (Å²) in [7, 11) is 1.84. The van der Waals surface area contributed by atoms with E-state index in [-0.39, 0.29) is 12.0 Å². The summed E-state index contributed by atoms with van der Waals surface area (Å²) in [5.41, 5.74) is 0. The fraction of sp³-hybridized carbons (Fsp3) is 0.929. The number of likely N-dealkylation sites (N-methyl/N-ethyl adjacent to an activating group) is 1. The van der Waals surface area contributed by atoms with Gasteiger partial charge in [-0.05, 0) is 25.3 Å². The molecule has 0 spiro atoms. The van der Waals surface area contributed by atoms with Crippen LogP contribution in [-0.2, 0) is 9.53 Å². The van der Waals surface area contributed by atoms with Gasteiger partial charge in [0.15, 0.2) is 0 Å². The van der Waals surface area contributed by atoms with E-state index in [0.717, 1.165) is 32.2 Å². The molecule has 1 amide bonds. The maximum absolute atomic E-state index is 11.2. The summed E-state index contributed by atoms with van der Waals surface area (Å²) >= 11 is 0. The molecule has 1 aliphatic rings. The van der Waals surface area contributed by atoms with Gasteiger partial charge in [-0.15, -0.1) is 0 Å². The molecule has 0 aromatic carbocycles. The van der Waals surface area contributed by atoms with Crippen LogP contribution in [0.3, 0.4) is 0 Å². The molecule has 106 valence electrons. The van der Waals surface area contributed by atoms with Crippen LogP contribution in [0.2, 0.25) is 0 Å². The minimum Gasteiger partial charge on any atom is -0.374 e. The largest absolute Gasteiger partial charge is 0.374 e. The molecule has 0 bridgehead atoms. The van der Waals surface area contributed by atoms with E-state index in [9.17, 15) is 4.79 Å². The number of rotatable bonds is 6. The maximum Gasteiger partial charge on any atom is 0.219 e. The van der Waals surface area contributed by atoms with E-state index >= 15 is 0 Å². The van der Waals surface area contributed by atoms with E-state index in [4.69, 9.17) is 4.74 Å². The lowest BCUT2D eigenvalue weighted by Crippen LogP contribution is -2.47. The van der Waals surface area contributed by atoms with Crippen molar-refractivity contribution in [1.82, 2.24) is 9.80 Å². The van der Waals surface area contributed by atoms with Gasteiger partial charge >= 0.3 is 0 Å². The molecule has 1 atom stereocenters. The second kappa shape index (κ2) is 7.74. The van der Waals surface area contributed by atoms with Crippen molar-refractivity contribution >= 4 is 5.91 Å². The Labute approximate surface area is 111 Å². The van der Waals surface area contributed by atoms with Crippen LogP contribution >= 0.6 is 0 Å². The summed E-state index contributed by atoms with van der Waals surface area (Å²) in [5, 5.41) is 0. The average molecular weight is 256 g/mol. The van der Waals surface area contributed by atoms with Crippen molar-refractivity contribution in [1.29, 1.82) is 0 Å². The molecule has 0 aliphatic carbocycles. The van der Waals surface area contributed by atoms with Crippen molar-refractivity contribution < 1.29 is 9.53 Å². The minimum absolute atomic E-state index is 0.107. The highest BCUT2D eigenvalue weighted by Gasteiger charge is 2.22. The number of amides is 1. The molecule has 1 fully saturated rings. The molecule has 1 rings (SSSR count). The standard InChI is InChI=1S/C14H28N2O2/c1-12(2)6-5-7-16-8-9-18-14(11-16)10-15(4)13(3)17/h12,14H,5-11H2,1-4H3/t14-/m0/s1. The first kappa shape index (κ1) is 15.4. The monoisotopic (exact) mass is 256 g/mol. The van der Waals surface area contributed by atoms with Gasteiger partial charge in [0, 0.05) is 33.6 Å². The number of hydrogen-bond donors (Lipinski definition) is 0. The fourth-order valence-corrected chi connectivity index (χ4v) is 2.25. The Morgan fingerprint density at radius 1 is 1.50 bits per heavy atom. The van der Waals surface area contributed by atoms with E-state index in [1.165, 1.54) is 12.8 Å². The second-order valence-electron chi connectivity index (χ2n) is 5.73. The lowest BCUT2D eigenvalue weighted by molar-refractivity contribution is -0.130. The molecule has 0 N–H and O–H groups in total. The molecule has 4 nitrogen and oxygen atoms in total. The number of hydrogen-bond acceptors (Lipinski definition) is 3. The fourth-order valence-electron chi connectivity index (χ4n) is 2.25. The van der Waals surface area contributed by atoms with Crippen LogP contribution in [0.15, 0.2) is 0 Å². The Hall–Kier alpha value is -0.610. The molecular weight excluding hydrogens is 228 g/mol. The first-order valence-electron chi connectivity index (χ1n) is 7.04. The Morgan fingerprint density at radius 3 is 2.83 bits per heavy atom. The van der Waals surface area contributed by atoms with Crippen LogP contribution in [0, 0.1) is 5.92 Å². The topological polar surface area (TPSA) is 32.8 Å². The number of morpholine rings is 1. The number of carbonyl (C=O) groups is 1. The average Bonchev–Trinajstić information content (AvgIpc) is 2.28. The van der Waals surface area contributed by atoms with Gasteiger partial charge in [-0.25, -0.2) is 0 Å². The zero-order valence-electron chi connectivity index (χ0n) is 12.3. The maximum atomic E-state index is 11.2. The van der Waals surface area contributed by atoms with Crippen molar-refractivity contribution in [3.8, 4) is 0 Å². The number of carbonyl (C=O) groups excluding carboxylic acids is 1. The molecule has 4 heteroatoms. The van der Waals surface area contributed by atoms with Crippen molar-refractivity contribution in [2.75, 3.05) is 39.8 Å². The smallest absolute Gasteiger partial charge is 0.219 e. The zero-order chi connectivity index (χ0) is 13.5. The zero-order valence-corrected chi connectivity index (χ0v) is 12.3. The summed E-state index contributed by atoms with van der Waals surface area (Å²) in [6, 6.07) is 0. The van der Waals surface area contributed by atoms with Crippen molar-refractivity contribution in [3.63, 3.8) is 0 Å². The predicted octanol–water partition coefficient (Wildman–Crippen LogP) is 1.60. The van der Waals surface area contributed by atoms with E-state index in [0.29, 0.717) is 6.54 Å². The SMILES string of the molecule is CC(=O)N(C)C[C@H]1CN(CCCC(C)C)CCO1. The van der Waals surface area contributed by atoms with Crippen LogP contribution in [0.5, 0.6) is 0 Å². The van der Waals surface area contributed by atoms with Gasteiger partial charge in [0.25, 0.3) is 0 Å². The van der Waals surface area contributed by atoms with Gasteiger partial charge in [0.2, 0.25) is 5.91 Å². The molecule has 0 unspecified atom stereocenters. The third kappa shape index (κ3) is 5.83. The number of ether oxygens (including phenoxy) is 1. The van der Waals surface area contributed by atoms with Crippen molar-refractivity contribution in [2.45, 2.75) is 39.7 Å². The molecule has 1 heterocycles. The quantitative estimate of drug-likeness (QED) is 0.723. The summed E-state index contributed by atoms with van der Waals surface area (Å²) in [6.07, 6.45) is 2.72. The lowest BCUT2D eigenvalue weighted by Gasteiger charge is -2.34. The Kier molecular flexibility index (Phi) is 6.65. The minimum atomic E-state index is 0.107. The first-order valence-corrected chi connectivity index (χ1v) is 7.04. The third-order valence-electron chi connectivity index (χ3n) is 3.49. The molecule has 0 saturated carbocycles. The highest BCUT2D eigenvalue weighted by atomic mass is 16.5. The van der Waals surface area contributed by atoms with Gasteiger partial charge < -0.3 is 9.64 Å². The van der Waals surface area contributed by atoms with Crippen LogP contribution < -0.4 is 0 Å². The normalized spacial score (nSPS) is 21.3. The van der Waals surface area contributed by atoms with E-state index in [1.54, 1.807) is 11.8 Å². The third-order valence-corrected chi connectivity index (χ3v) is 3.49. The Balaban J connectivity index is 2.25. The molecule has 1 saturated heterocycles. The van der Waals surface area contributed by atoms with Gasteiger partial charge in [-0.1, -0.05) is 13.8 Å². The van der Waals surface area contributed by atoms with Gasteiger partial charge in [-0.3, -0.25) is 9.69 Å². The molecule has 0 aromatic heterocycles. The molecular formula is C14H28N2O2. The van der Waals surface area contributed by atoms with Crippen LogP contribution in [0.1, 0.15) is 33.6 Å². The van der Waals surface area contributed by atoms with Crippen molar-refractivity contribution in [2.24, 2.45) is 5.92 Å². The number of nitrogens with zero attached hydrogens (tertiary/aromatic N) is 2. The summed E-state index contributed by atoms with van der Waals surface area (Å²) in [4.78, 5) is 15.4. The molecule has 1 aliphatic heterocycles. The lowest BCUT2D eigenvalue weighted by atomic mass is 10.1. The van der Waals surface area contributed by atoms with Crippen LogP contribution in [0.4, 0.5) is 0 Å². The molecule has 0 radical (unpaired) electrons. The van der Waals surface area contributed by atoms with E-state index in [2.05, 4.69) is 18.7 Å². The Bertz CT molecular complexity index is 256. The van der Waals surface area contributed by atoms with Gasteiger partial charge in [0.1, 0.15) is 0 Å². The van der Waals surface area contributed by atoms with Crippen molar-refractivity contribution in [3.05, 3.63) is 0 Å². The highest BCUT2D eigenvalue weighted by Crippen LogP contribution is 2.10. The molecule has 18 heavy (non-hydrogen) atoms.